The van der Waals surface area contributed by atoms with E-state index in [-0.39, 0.29) is 0 Å². The lowest BCUT2D eigenvalue weighted by Crippen LogP contribution is -2.34. The van der Waals surface area contributed by atoms with Gasteiger partial charge in [-0.25, -0.2) is 0 Å². The first-order valence-corrected chi connectivity index (χ1v) is 8.25. The van der Waals surface area contributed by atoms with E-state index in [4.69, 9.17) is 0 Å². The molecule has 1 aliphatic heterocycles. The maximum atomic E-state index is 4.45. The Kier molecular flexibility index (Phi) is 6.01. The van der Waals surface area contributed by atoms with Crippen molar-refractivity contribution in [1.29, 1.82) is 0 Å². The van der Waals surface area contributed by atoms with Crippen LogP contribution in [0.1, 0.15) is 31.9 Å². The molecule has 2 rings (SSSR count). The second-order valence-electron chi connectivity index (χ2n) is 5.07. The number of aromatic nitrogens is 1. The summed E-state index contributed by atoms with van der Waals surface area (Å²) in [6, 6.07) is 6.81. The van der Waals surface area contributed by atoms with E-state index in [1.165, 1.54) is 36.5 Å². The van der Waals surface area contributed by atoms with Gasteiger partial charge < -0.3 is 5.32 Å². The molecule has 18 heavy (non-hydrogen) atoms. The highest BCUT2D eigenvalue weighted by Crippen LogP contribution is 2.26. The van der Waals surface area contributed by atoms with E-state index >= 15 is 0 Å². The quantitative estimate of drug-likeness (QED) is 0.854. The topological polar surface area (TPSA) is 24.9 Å². The molecule has 1 N–H and O–H groups in total. The van der Waals surface area contributed by atoms with Crippen LogP contribution in [0.3, 0.4) is 0 Å². The van der Waals surface area contributed by atoms with Gasteiger partial charge in [-0.3, -0.25) is 4.98 Å². The molecule has 100 valence electrons. The van der Waals surface area contributed by atoms with E-state index in [1.807, 2.05) is 12.3 Å². The molecule has 0 bridgehead atoms. The van der Waals surface area contributed by atoms with Crippen LogP contribution < -0.4 is 5.32 Å². The fraction of sp³-hybridized carbons (Fsp3) is 0.667. The van der Waals surface area contributed by atoms with Gasteiger partial charge in [0.25, 0.3) is 0 Å². The van der Waals surface area contributed by atoms with Crippen molar-refractivity contribution in [2.75, 3.05) is 18.1 Å². The van der Waals surface area contributed by atoms with Crippen LogP contribution in [0.15, 0.2) is 24.4 Å². The van der Waals surface area contributed by atoms with Crippen LogP contribution in [0, 0.1) is 5.92 Å². The van der Waals surface area contributed by atoms with Crippen LogP contribution in [0.5, 0.6) is 0 Å². The number of thioether (sulfide) groups is 1. The summed E-state index contributed by atoms with van der Waals surface area (Å²) in [4.78, 5) is 4.45. The SMILES string of the molecule is CCNC(Cc1ccccn1)CC1CCSCC1. The molecule has 0 aliphatic carbocycles. The van der Waals surface area contributed by atoms with Crippen molar-refractivity contribution in [3.05, 3.63) is 30.1 Å². The molecular weight excluding hydrogens is 240 g/mol. The van der Waals surface area contributed by atoms with Crippen molar-refractivity contribution < 1.29 is 0 Å². The van der Waals surface area contributed by atoms with Gasteiger partial charge in [-0.15, -0.1) is 0 Å². The molecule has 1 unspecified atom stereocenters. The van der Waals surface area contributed by atoms with Gasteiger partial charge in [-0.1, -0.05) is 13.0 Å². The second kappa shape index (κ2) is 7.80. The molecule has 2 nitrogen and oxygen atoms in total. The average molecular weight is 264 g/mol. The van der Waals surface area contributed by atoms with E-state index in [0.29, 0.717) is 6.04 Å². The normalized spacial score (nSPS) is 18.7. The summed E-state index contributed by atoms with van der Waals surface area (Å²) >= 11 is 2.11. The average Bonchev–Trinajstić information content (AvgIpc) is 2.41. The molecule has 0 radical (unpaired) electrons. The monoisotopic (exact) mass is 264 g/mol. The molecule has 0 spiro atoms. The Morgan fingerprint density at radius 1 is 1.39 bits per heavy atom. The lowest BCUT2D eigenvalue weighted by atomic mass is 9.92. The van der Waals surface area contributed by atoms with Gasteiger partial charge in [0.05, 0.1) is 0 Å². The molecule has 0 aromatic carbocycles. The first-order valence-electron chi connectivity index (χ1n) is 7.09. The van der Waals surface area contributed by atoms with Gasteiger partial charge >= 0.3 is 0 Å². The summed E-state index contributed by atoms with van der Waals surface area (Å²) in [7, 11) is 0. The lowest BCUT2D eigenvalue weighted by molar-refractivity contribution is 0.365. The highest BCUT2D eigenvalue weighted by Gasteiger charge is 2.19. The molecule has 1 saturated heterocycles. The Labute approximate surface area is 115 Å². The van der Waals surface area contributed by atoms with E-state index in [9.17, 15) is 0 Å². The fourth-order valence-electron chi connectivity index (χ4n) is 2.68. The summed E-state index contributed by atoms with van der Waals surface area (Å²) in [5, 5.41) is 3.63. The molecule has 0 saturated carbocycles. The third-order valence-electron chi connectivity index (χ3n) is 3.63. The summed E-state index contributed by atoms with van der Waals surface area (Å²) in [6.45, 7) is 3.25. The molecule has 1 fully saturated rings. The Hall–Kier alpha value is -0.540. The minimum absolute atomic E-state index is 0.595. The van der Waals surface area contributed by atoms with Crippen LogP contribution in [0.2, 0.25) is 0 Å². The summed E-state index contributed by atoms with van der Waals surface area (Å²) in [5.41, 5.74) is 1.22. The summed E-state index contributed by atoms with van der Waals surface area (Å²) in [6.07, 6.45) is 7.07. The van der Waals surface area contributed by atoms with Crippen molar-refractivity contribution in [1.82, 2.24) is 10.3 Å². The van der Waals surface area contributed by atoms with Crippen LogP contribution in [-0.2, 0) is 6.42 Å². The maximum Gasteiger partial charge on any atom is 0.0419 e. The van der Waals surface area contributed by atoms with Crippen molar-refractivity contribution in [3.63, 3.8) is 0 Å². The molecule has 2 heterocycles. The lowest BCUT2D eigenvalue weighted by Gasteiger charge is -2.26. The number of nitrogens with one attached hydrogen (secondary N) is 1. The van der Waals surface area contributed by atoms with E-state index in [0.717, 1.165) is 18.9 Å². The Morgan fingerprint density at radius 3 is 2.89 bits per heavy atom. The maximum absolute atomic E-state index is 4.45. The second-order valence-corrected chi connectivity index (χ2v) is 6.30. The zero-order valence-electron chi connectivity index (χ0n) is 11.3. The van der Waals surface area contributed by atoms with Gasteiger partial charge in [-0.2, -0.15) is 11.8 Å². The predicted octanol–water partition coefficient (Wildman–Crippen LogP) is 3.14. The van der Waals surface area contributed by atoms with E-state index < -0.39 is 0 Å². The molecule has 3 heteroatoms. The van der Waals surface area contributed by atoms with Gasteiger partial charge in [-0.05, 0) is 55.4 Å². The zero-order chi connectivity index (χ0) is 12.6. The largest absolute Gasteiger partial charge is 0.314 e. The van der Waals surface area contributed by atoms with E-state index in [1.54, 1.807) is 0 Å². The van der Waals surface area contributed by atoms with Crippen LogP contribution in [0.25, 0.3) is 0 Å². The minimum Gasteiger partial charge on any atom is -0.314 e. The Morgan fingerprint density at radius 2 is 2.22 bits per heavy atom. The van der Waals surface area contributed by atoms with Gasteiger partial charge in [0, 0.05) is 24.4 Å². The first kappa shape index (κ1) is 13.9. The zero-order valence-corrected chi connectivity index (χ0v) is 12.1. The van der Waals surface area contributed by atoms with Crippen LogP contribution in [0.4, 0.5) is 0 Å². The smallest absolute Gasteiger partial charge is 0.0419 e. The number of rotatable bonds is 6. The van der Waals surface area contributed by atoms with Gasteiger partial charge in [0.1, 0.15) is 0 Å². The molecule has 1 atom stereocenters. The Bertz CT molecular complexity index is 323. The molecule has 0 amide bonds. The number of likely N-dealkylation sites (N-methyl/N-ethyl adjacent to an activating group) is 1. The molecule has 1 aromatic rings. The van der Waals surface area contributed by atoms with Crippen molar-refractivity contribution in [2.45, 2.75) is 38.6 Å². The van der Waals surface area contributed by atoms with E-state index in [2.05, 4.69) is 41.1 Å². The predicted molar refractivity (Wildman–Crippen MR) is 80.1 cm³/mol. The van der Waals surface area contributed by atoms with Crippen molar-refractivity contribution in [2.24, 2.45) is 5.92 Å². The summed E-state index contributed by atoms with van der Waals surface area (Å²) in [5.74, 6) is 3.62. The number of hydrogen-bond donors (Lipinski definition) is 1. The Balaban J connectivity index is 1.86. The highest BCUT2D eigenvalue weighted by molar-refractivity contribution is 7.99. The third-order valence-corrected chi connectivity index (χ3v) is 4.68. The third kappa shape index (κ3) is 4.62. The number of pyridine rings is 1. The highest BCUT2D eigenvalue weighted by atomic mass is 32.2. The molecular formula is C15H24N2S. The fourth-order valence-corrected chi connectivity index (χ4v) is 3.89. The molecule has 1 aliphatic rings. The van der Waals surface area contributed by atoms with Crippen LogP contribution >= 0.6 is 11.8 Å². The standard InChI is InChI=1S/C15H24N2S/c1-2-16-15(11-13-6-9-18-10-7-13)12-14-5-3-4-8-17-14/h3-5,8,13,15-16H,2,6-7,9-12H2,1H3. The van der Waals surface area contributed by atoms with Gasteiger partial charge in [0.15, 0.2) is 0 Å². The number of nitrogens with zero attached hydrogens (tertiary/aromatic N) is 1. The van der Waals surface area contributed by atoms with Crippen LogP contribution in [-0.4, -0.2) is 29.1 Å². The number of hydrogen-bond acceptors (Lipinski definition) is 3. The molecule has 1 aromatic heterocycles. The van der Waals surface area contributed by atoms with Crippen molar-refractivity contribution in [3.8, 4) is 0 Å². The first-order chi connectivity index (χ1) is 8.88. The minimum atomic E-state index is 0.595. The van der Waals surface area contributed by atoms with Crippen molar-refractivity contribution >= 4 is 11.8 Å². The van der Waals surface area contributed by atoms with Gasteiger partial charge in [0.2, 0.25) is 0 Å². The summed E-state index contributed by atoms with van der Waals surface area (Å²) < 4.78 is 0.